The molecule has 0 saturated carbocycles. The molecular weight excluding hydrogens is 238 g/mol. The molecule has 2 rings (SSSR count). The third kappa shape index (κ3) is 3.29. The van der Waals surface area contributed by atoms with Crippen LogP contribution in [-0.4, -0.2) is 18.2 Å². The molecule has 0 radical (unpaired) electrons. The zero-order valence-electron chi connectivity index (χ0n) is 11.7. The number of nitrogens with zero attached hydrogens (tertiary/aromatic N) is 1. The van der Waals surface area contributed by atoms with Crippen LogP contribution in [0.5, 0.6) is 0 Å². The van der Waals surface area contributed by atoms with Crippen molar-refractivity contribution in [2.75, 3.05) is 7.11 Å². The number of hydrogen-bond donors (Lipinski definition) is 2. The molecule has 1 heterocycles. The van der Waals surface area contributed by atoms with Gasteiger partial charge in [0.05, 0.1) is 11.6 Å². The van der Waals surface area contributed by atoms with Crippen molar-refractivity contribution in [3.8, 4) is 0 Å². The standard InChI is InChI=1S/C15H21N3O/c1-10-4-5-12-9-13(6-7-14(12)17-10)15(18-16)8-11(2)19-3/h4-7,9,11,15,18H,8,16H2,1-3H3. The number of aromatic nitrogens is 1. The lowest BCUT2D eigenvalue weighted by molar-refractivity contribution is 0.100. The van der Waals surface area contributed by atoms with E-state index in [9.17, 15) is 0 Å². The highest BCUT2D eigenvalue weighted by molar-refractivity contribution is 5.79. The number of pyridine rings is 1. The average Bonchev–Trinajstić information content (AvgIpc) is 2.43. The minimum atomic E-state index is 0.0839. The molecule has 3 N–H and O–H groups in total. The number of hydrazine groups is 1. The Kier molecular flexibility index (Phi) is 4.47. The first kappa shape index (κ1) is 13.9. The molecule has 0 aliphatic heterocycles. The van der Waals surface area contributed by atoms with Crippen molar-refractivity contribution in [2.24, 2.45) is 5.84 Å². The molecule has 2 aromatic rings. The van der Waals surface area contributed by atoms with Crippen LogP contribution in [0, 0.1) is 6.92 Å². The number of ether oxygens (including phenoxy) is 1. The molecule has 4 nitrogen and oxygen atoms in total. The van der Waals surface area contributed by atoms with Gasteiger partial charge in [-0.25, -0.2) is 0 Å². The number of methoxy groups -OCH3 is 1. The second-order valence-electron chi connectivity index (χ2n) is 4.91. The van der Waals surface area contributed by atoms with Gasteiger partial charge in [0.1, 0.15) is 0 Å². The quantitative estimate of drug-likeness (QED) is 0.639. The van der Waals surface area contributed by atoms with E-state index in [0.717, 1.165) is 28.6 Å². The summed E-state index contributed by atoms with van der Waals surface area (Å²) in [5, 5.41) is 1.13. The van der Waals surface area contributed by atoms with E-state index in [-0.39, 0.29) is 12.1 Å². The SMILES string of the molecule is COC(C)CC(NN)c1ccc2nc(C)ccc2c1. The largest absolute Gasteiger partial charge is 0.382 e. The van der Waals surface area contributed by atoms with Crippen LogP contribution in [0.25, 0.3) is 10.9 Å². The van der Waals surface area contributed by atoms with Gasteiger partial charge >= 0.3 is 0 Å². The van der Waals surface area contributed by atoms with Gasteiger partial charge in [0.15, 0.2) is 0 Å². The zero-order valence-corrected chi connectivity index (χ0v) is 11.7. The molecule has 0 aliphatic rings. The summed E-state index contributed by atoms with van der Waals surface area (Å²) in [7, 11) is 1.71. The van der Waals surface area contributed by atoms with Crippen molar-refractivity contribution < 1.29 is 4.74 Å². The fourth-order valence-corrected chi connectivity index (χ4v) is 2.19. The minimum absolute atomic E-state index is 0.0839. The van der Waals surface area contributed by atoms with Gasteiger partial charge in [-0.05, 0) is 44.0 Å². The molecule has 1 aromatic heterocycles. The zero-order chi connectivity index (χ0) is 13.8. The van der Waals surface area contributed by atoms with Crippen molar-refractivity contribution in [2.45, 2.75) is 32.4 Å². The Morgan fingerprint density at radius 2 is 2.11 bits per heavy atom. The highest BCUT2D eigenvalue weighted by Crippen LogP contribution is 2.23. The normalized spacial score (nSPS) is 14.5. The van der Waals surface area contributed by atoms with Crippen LogP contribution < -0.4 is 11.3 Å². The number of hydrogen-bond acceptors (Lipinski definition) is 4. The van der Waals surface area contributed by atoms with E-state index < -0.39 is 0 Å². The summed E-state index contributed by atoms with van der Waals surface area (Å²) < 4.78 is 5.30. The number of benzene rings is 1. The van der Waals surface area contributed by atoms with E-state index >= 15 is 0 Å². The molecule has 19 heavy (non-hydrogen) atoms. The maximum atomic E-state index is 5.65. The first-order chi connectivity index (χ1) is 9.13. The van der Waals surface area contributed by atoms with Gasteiger partial charge < -0.3 is 4.74 Å². The molecule has 0 saturated heterocycles. The van der Waals surface area contributed by atoms with Crippen LogP contribution in [0.2, 0.25) is 0 Å². The topological polar surface area (TPSA) is 60.2 Å². The van der Waals surface area contributed by atoms with Crippen LogP contribution >= 0.6 is 0 Å². The average molecular weight is 259 g/mol. The molecule has 2 unspecified atom stereocenters. The Hall–Kier alpha value is -1.49. The van der Waals surface area contributed by atoms with E-state index in [1.807, 2.05) is 26.0 Å². The van der Waals surface area contributed by atoms with Crippen molar-refractivity contribution in [3.63, 3.8) is 0 Å². The van der Waals surface area contributed by atoms with Gasteiger partial charge in [0.2, 0.25) is 0 Å². The Morgan fingerprint density at radius 1 is 1.32 bits per heavy atom. The van der Waals surface area contributed by atoms with Crippen molar-refractivity contribution >= 4 is 10.9 Å². The van der Waals surface area contributed by atoms with Crippen molar-refractivity contribution in [1.82, 2.24) is 10.4 Å². The van der Waals surface area contributed by atoms with Gasteiger partial charge in [-0.15, -0.1) is 0 Å². The molecule has 0 bridgehead atoms. The second-order valence-corrected chi connectivity index (χ2v) is 4.91. The lowest BCUT2D eigenvalue weighted by Crippen LogP contribution is -2.30. The van der Waals surface area contributed by atoms with Gasteiger partial charge in [-0.1, -0.05) is 12.1 Å². The Bertz CT molecular complexity index is 556. The predicted octanol–water partition coefficient (Wildman–Crippen LogP) is 2.47. The third-order valence-corrected chi connectivity index (χ3v) is 3.43. The van der Waals surface area contributed by atoms with Gasteiger partial charge in [-0.3, -0.25) is 16.3 Å². The summed E-state index contributed by atoms with van der Waals surface area (Å²) >= 11 is 0. The Morgan fingerprint density at radius 3 is 2.79 bits per heavy atom. The molecule has 0 amide bonds. The number of aryl methyl sites for hydroxylation is 1. The highest BCUT2D eigenvalue weighted by Gasteiger charge is 2.14. The lowest BCUT2D eigenvalue weighted by atomic mass is 10.00. The van der Waals surface area contributed by atoms with Crippen LogP contribution in [0.15, 0.2) is 30.3 Å². The van der Waals surface area contributed by atoms with Crippen molar-refractivity contribution in [3.05, 3.63) is 41.6 Å². The minimum Gasteiger partial charge on any atom is -0.382 e. The summed E-state index contributed by atoms with van der Waals surface area (Å²) in [4.78, 5) is 4.50. The molecule has 1 aromatic carbocycles. The fraction of sp³-hybridized carbons (Fsp3) is 0.400. The number of nitrogens with two attached hydrogens (primary N) is 1. The maximum absolute atomic E-state index is 5.65. The van der Waals surface area contributed by atoms with E-state index in [1.165, 1.54) is 0 Å². The predicted molar refractivity (Wildman–Crippen MR) is 77.6 cm³/mol. The second kappa shape index (κ2) is 6.10. The summed E-state index contributed by atoms with van der Waals surface area (Å²) in [6.07, 6.45) is 0.991. The molecular formula is C15H21N3O. The van der Waals surface area contributed by atoms with Gasteiger partial charge in [0, 0.05) is 24.2 Å². The maximum Gasteiger partial charge on any atom is 0.0705 e. The third-order valence-electron chi connectivity index (χ3n) is 3.43. The van der Waals surface area contributed by atoms with Crippen LogP contribution in [0.4, 0.5) is 0 Å². The van der Waals surface area contributed by atoms with Gasteiger partial charge in [-0.2, -0.15) is 0 Å². The number of fused-ring (bicyclic) bond motifs is 1. The summed E-state index contributed by atoms with van der Waals surface area (Å²) in [5.41, 5.74) is 6.06. The Labute approximate surface area is 113 Å². The van der Waals surface area contributed by atoms with E-state index in [1.54, 1.807) is 7.11 Å². The van der Waals surface area contributed by atoms with E-state index in [4.69, 9.17) is 10.6 Å². The smallest absolute Gasteiger partial charge is 0.0705 e. The molecule has 0 spiro atoms. The van der Waals surface area contributed by atoms with Crippen LogP contribution in [0.3, 0.4) is 0 Å². The molecule has 2 atom stereocenters. The van der Waals surface area contributed by atoms with E-state index in [0.29, 0.717) is 0 Å². The molecule has 102 valence electrons. The Balaban J connectivity index is 2.30. The molecule has 4 heteroatoms. The first-order valence-electron chi connectivity index (χ1n) is 6.50. The molecule has 0 aliphatic carbocycles. The fourth-order valence-electron chi connectivity index (χ4n) is 2.19. The highest BCUT2D eigenvalue weighted by atomic mass is 16.5. The summed E-state index contributed by atoms with van der Waals surface area (Å²) in [5.74, 6) is 5.65. The van der Waals surface area contributed by atoms with Crippen LogP contribution in [0.1, 0.15) is 30.6 Å². The molecule has 0 fully saturated rings. The number of nitrogens with one attached hydrogen (secondary N) is 1. The van der Waals surface area contributed by atoms with Crippen molar-refractivity contribution in [1.29, 1.82) is 0 Å². The van der Waals surface area contributed by atoms with Gasteiger partial charge in [0.25, 0.3) is 0 Å². The lowest BCUT2D eigenvalue weighted by Gasteiger charge is -2.20. The summed E-state index contributed by atoms with van der Waals surface area (Å²) in [6, 6.07) is 10.4. The number of rotatable bonds is 5. The first-order valence-corrected chi connectivity index (χ1v) is 6.50. The van der Waals surface area contributed by atoms with Crippen LogP contribution in [-0.2, 0) is 4.74 Å². The van der Waals surface area contributed by atoms with E-state index in [2.05, 4.69) is 28.6 Å². The monoisotopic (exact) mass is 259 g/mol. The summed E-state index contributed by atoms with van der Waals surface area (Å²) in [6.45, 7) is 4.04.